The van der Waals surface area contributed by atoms with Crippen LogP contribution in [0.3, 0.4) is 0 Å². The van der Waals surface area contributed by atoms with E-state index >= 15 is 0 Å². The lowest BCUT2D eigenvalue weighted by molar-refractivity contribution is -0.384. The Morgan fingerprint density at radius 2 is 1.77 bits per heavy atom. The van der Waals surface area contributed by atoms with E-state index in [0.29, 0.717) is 11.8 Å². The zero-order valence-electron chi connectivity index (χ0n) is 16.1. The molecule has 7 rings (SSSR count). The average Bonchev–Trinajstić information content (AvgIpc) is 3.39. The highest BCUT2D eigenvalue weighted by atomic mass is 19.1. The number of nitrogens with zero attached hydrogens (tertiary/aromatic N) is 3. The highest BCUT2D eigenvalue weighted by molar-refractivity contribution is 6.06. The Bertz CT molecular complexity index is 1180. The number of furan rings is 1. The summed E-state index contributed by atoms with van der Waals surface area (Å²) in [4.78, 5) is 36.4. The molecule has 31 heavy (non-hydrogen) atoms. The van der Waals surface area contributed by atoms with E-state index in [1.807, 2.05) is 0 Å². The second-order valence-electron chi connectivity index (χ2n) is 8.51. The Kier molecular flexibility index (Phi) is 3.63. The first-order valence-corrected chi connectivity index (χ1v) is 10.1. The second kappa shape index (κ2) is 6.19. The fourth-order valence-corrected chi connectivity index (χ4v) is 5.60. The number of amides is 2. The van der Waals surface area contributed by atoms with Crippen LogP contribution in [-0.4, -0.2) is 28.0 Å². The Morgan fingerprint density at radius 3 is 2.42 bits per heavy atom. The standard InChI is InChI=1S/C22H16FN3O5/c23-10-1-3-14(17(7-10)26(29)30)18-6-2-11(31-18)9-24-25-21(27)19-12-4-5-13(16-8-15(12)16)20(19)22(25)28/h1-7,9,12-13,15-16,19-20H,8H2/b24-9-/t12-,13-,15-,16+,19+,20+/m0/s1. The molecule has 2 amide bonds. The molecule has 1 aromatic heterocycles. The molecule has 0 spiro atoms. The van der Waals surface area contributed by atoms with Gasteiger partial charge in [-0.3, -0.25) is 19.7 Å². The minimum absolute atomic E-state index is 0.117. The van der Waals surface area contributed by atoms with Crippen LogP contribution in [-0.2, 0) is 9.59 Å². The van der Waals surface area contributed by atoms with Gasteiger partial charge in [0.15, 0.2) is 0 Å². The molecule has 0 N–H and O–H groups in total. The number of imide groups is 1. The zero-order chi connectivity index (χ0) is 21.4. The topological polar surface area (TPSA) is 106 Å². The Morgan fingerprint density at radius 1 is 1.10 bits per heavy atom. The maximum Gasteiger partial charge on any atom is 0.283 e. The number of allylic oxidation sites excluding steroid dienone is 2. The maximum atomic E-state index is 13.4. The molecule has 8 nitrogen and oxygen atoms in total. The lowest BCUT2D eigenvalue weighted by Crippen LogP contribution is -2.40. The quantitative estimate of drug-likeness (QED) is 0.247. The first-order valence-electron chi connectivity index (χ1n) is 10.1. The highest BCUT2D eigenvalue weighted by Crippen LogP contribution is 2.65. The van der Waals surface area contributed by atoms with Crippen molar-refractivity contribution in [2.24, 2.45) is 40.6 Å². The molecule has 6 atom stereocenters. The molecule has 9 heteroatoms. The Hall–Kier alpha value is -3.62. The van der Waals surface area contributed by atoms with Crippen LogP contribution in [0.4, 0.5) is 10.1 Å². The Balaban J connectivity index is 1.26. The molecule has 156 valence electrons. The van der Waals surface area contributed by atoms with Gasteiger partial charge in [-0.2, -0.15) is 10.1 Å². The van der Waals surface area contributed by atoms with Crippen LogP contribution in [0.1, 0.15) is 12.2 Å². The molecule has 1 aliphatic heterocycles. The maximum absolute atomic E-state index is 13.4. The number of halogens is 1. The number of rotatable bonds is 4. The average molecular weight is 421 g/mol. The van der Waals surface area contributed by atoms with Gasteiger partial charge >= 0.3 is 0 Å². The van der Waals surface area contributed by atoms with Crippen molar-refractivity contribution >= 4 is 23.7 Å². The van der Waals surface area contributed by atoms with Gasteiger partial charge in [-0.25, -0.2) is 4.39 Å². The number of nitro groups is 1. The number of benzene rings is 1. The molecule has 2 heterocycles. The van der Waals surface area contributed by atoms with Gasteiger partial charge < -0.3 is 4.42 Å². The number of carbonyl (C=O) groups excluding carboxylic acids is 2. The molecular formula is C22H16FN3O5. The van der Waals surface area contributed by atoms with Crippen LogP contribution in [0, 0.1) is 51.4 Å². The van der Waals surface area contributed by atoms with Crippen LogP contribution in [0.2, 0.25) is 0 Å². The van der Waals surface area contributed by atoms with E-state index in [1.54, 1.807) is 0 Å². The highest BCUT2D eigenvalue weighted by Gasteiger charge is 2.67. The predicted molar refractivity (Wildman–Crippen MR) is 105 cm³/mol. The van der Waals surface area contributed by atoms with Crippen molar-refractivity contribution < 1.29 is 23.3 Å². The summed E-state index contributed by atoms with van der Waals surface area (Å²) in [6.07, 6.45) is 6.52. The van der Waals surface area contributed by atoms with Crippen LogP contribution in [0.5, 0.6) is 0 Å². The summed E-state index contributed by atoms with van der Waals surface area (Å²) in [5, 5.41) is 16.2. The van der Waals surface area contributed by atoms with Crippen molar-refractivity contribution in [3.63, 3.8) is 0 Å². The summed E-state index contributed by atoms with van der Waals surface area (Å²) in [7, 11) is 0. The first kappa shape index (κ1) is 18.2. The van der Waals surface area contributed by atoms with Crippen LogP contribution in [0.25, 0.3) is 11.3 Å². The third-order valence-corrected chi connectivity index (χ3v) is 6.99. The number of hydrogen-bond acceptors (Lipinski definition) is 6. The van der Waals surface area contributed by atoms with Crippen molar-refractivity contribution in [3.8, 4) is 11.3 Å². The van der Waals surface area contributed by atoms with Crippen molar-refractivity contribution in [2.75, 3.05) is 0 Å². The molecule has 3 fully saturated rings. The molecule has 0 unspecified atom stereocenters. The summed E-state index contributed by atoms with van der Waals surface area (Å²) < 4.78 is 19.0. The fraction of sp³-hybridized carbons (Fsp3) is 0.318. The van der Waals surface area contributed by atoms with Gasteiger partial charge in [0.05, 0.1) is 34.6 Å². The minimum Gasteiger partial charge on any atom is -0.455 e. The first-order chi connectivity index (χ1) is 14.9. The zero-order valence-corrected chi connectivity index (χ0v) is 16.1. The van der Waals surface area contributed by atoms with E-state index < -0.39 is 16.4 Å². The lowest BCUT2D eigenvalue weighted by Gasteiger charge is -2.37. The Labute approximate surface area is 175 Å². The number of hydrazone groups is 1. The fourth-order valence-electron chi connectivity index (χ4n) is 5.60. The number of carbonyl (C=O) groups is 2. The third kappa shape index (κ3) is 2.55. The van der Waals surface area contributed by atoms with E-state index in [2.05, 4.69) is 17.3 Å². The second-order valence-corrected chi connectivity index (χ2v) is 8.51. The summed E-state index contributed by atoms with van der Waals surface area (Å²) in [5.74, 6) is -0.332. The van der Waals surface area contributed by atoms with E-state index in [4.69, 9.17) is 4.42 Å². The summed E-state index contributed by atoms with van der Waals surface area (Å²) in [6, 6.07) is 6.20. The van der Waals surface area contributed by atoms with Gasteiger partial charge in [-0.15, -0.1) is 0 Å². The minimum atomic E-state index is -0.725. The van der Waals surface area contributed by atoms with Crippen LogP contribution in [0.15, 0.2) is 52.0 Å². The normalized spacial score (nSPS) is 32.6. The van der Waals surface area contributed by atoms with Gasteiger partial charge in [0.2, 0.25) is 0 Å². The van der Waals surface area contributed by atoms with Crippen molar-refractivity contribution in [3.05, 3.63) is 64.2 Å². The van der Waals surface area contributed by atoms with Gasteiger partial charge in [-0.05, 0) is 54.4 Å². The molecular weight excluding hydrogens is 405 g/mol. The smallest absolute Gasteiger partial charge is 0.283 e. The molecule has 2 saturated carbocycles. The van der Waals surface area contributed by atoms with Crippen molar-refractivity contribution in [1.82, 2.24) is 5.01 Å². The van der Waals surface area contributed by atoms with Crippen molar-refractivity contribution in [2.45, 2.75) is 6.42 Å². The van der Waals surface area contributed by atoms with Crippen molar-refractivity contribution in [1.29, 1.82) is 0 Å². The van der Waals surface area contributed by atoms with E-state index in [9.17, 15) is 24.1 Å². The van der Waals surface area contributed by atoms with E-state index in [1.165, 1.54) is 24.4 Å². The van der Waals surface area contributed by atoms with E-state index in [-0.39, 0.29) is 52.6 Å². The predicted octanol–water partition coefficient (Wildman–Crippen LogP) is 3.38. The molecule has 2 aromatic rings. The summed E-state index contributed by atoms with van der Waals surface area (Å²) >= 11 is 0. The van der Waals surface area contributed by atoms with Crippen LogP contribution < -0.4 is 0 Å². The van der Waals surface area contributed by atoms with Gasteiger partial charge in [-0.1, -0.05) is 12.2 Å². The lowest BCUT2D eigenvalue weighted by atomic mass is 9.63. The van der Waals surface area contributed by atoms with Crippen LogP contribution >= 0.6 is 0 Å². The SMILES string of the molecule is O=C1[C@@H]2[C@H]3C=C[C@@H]([C@@H]4C[C@H]34)[C@H]2C(=O)N1/N=C\c1ccc(-c2ccc(F)cc2[N+](=O)[O-])o1. The molecule has 1 aromatic carbocycles. The number of hydrogen-bond donors (Lipinski definition) is 0. The largest absolute Gasteiger partial charge is 0.455 e. The number of nitro benzene ring substituents is 1. The molecule has 4 aliphatic carbocycles. The third-order valence-electron chi connectivity index (χ3n) is 6.99. The van der Waals surface area contributed by atoms with Gasteiger partial charge in [0.25, 0.3) is 17.5 Å². The molecule has 5 aliphatic rings. The summed E-state index contributed by atoms with van der Waals surface area (Å²) in [5.41, 5.74) is -0.305. The van der Waals surface area contributed by atoms with E-state index in [0.717, 1.165) is 23.6 Å². The monoisotopic (exact) mass is 421 g/mol. The van der Waals surface area contributed by atoms with Gasteiger partial charge in [0, 0.05) is 0 Å². The molecule has 1 saturated heterocycles. The van der Waals surface area contributed by atoms with Gasteiger partial charge in [0.1, 0.15) is 17.3 Å². The molecule has 0 radical (unpaired) electrons. The summed E-state index contributed by atoms with van der Waals surface area (Å²) in [6.45, 7) is 0. The molecule has 2 bridgehead atoms.